The van der Waals surface area contributed by atoms with Crippen molar-refractivity contribution in [1.82, 2.24) is 5.43 Å². The third-order valence-electron chi connectivity index (χ3n) is 2.09. The summed E-state index contributed by atoms with van der Waals surface area (Å²) in [4.78, 5) is 11.4. The standard InChI is InChI=1S/C10H7Cl3N2O/c11-6-2-1-3-7(4-6)15-5-8(12)9(13)10(16)14-15/h1-4H,5H2,(H,14,16). The minimum atomic E-state index is -0.419. The highest BCUT2D eigenvalue weighted by Gasteiger charge is 2.23. The second-order valence-corrected chi connectivity index (χ2v) is 4.50. The maximum Gasteiger partial charge on any atom is 0.282 e. The van der Waals surface area contributed by atoms with E-state index in [0.29, 0.717) is 16.6 Å². The average molecular weight is 278 g/mol. The Balaban J connectivity index is 2.29. The van der Waals surface area contributed by atoms with Crippen LogP contribution in [0, 0.1) is 0 Å². The molecule has 0 aromatic heterocycles. The molecule has 0 bridgehead atoms. The lowest BCUT2D eigenvalue weighted by molar-refractivity contribution is -0.117. The fourth-order valence-corrected chi connectivity index (χ4v) is 1.83. The fourth-order valence-electron chi connectivity index (χ4n) is 1.34. The van der Waals surface area contributed by atoms with Gasteiger partial charge in [-0.2, -0.15) is 0 Å². The first-order valence-electron chi connectivity index (χ1n) is 4.46. The summed E-state index contributed by atoms with van der Waals surface area (Å²) in [5.74, 6) is -0.419. The number of anilines is 1. The molecular weight excluding hydrogens is 270 g/mol. The zero-order chi connectivity index (χ0) is 11.7. The number of rotatable bonds is 1. The zero-order valence-corrected chi connectivity index (χ0v) is 10.3. The molecule has 1 aliphatic rings. The first-order chi connectivity index (χ1) is 7.58. The van der Waals surface area contributed by atoms with Crippen molar-refractivity contribution in [3.8, 4) is 0 Å². The summed E-state index contributed by atoms with van der Waals surface area (Å²) in [7, 11) is 0. The van der Waals surface area contributed by atoms with Gasteiger partial charge in [0, 0.05) is 5.02 Å². The zero-order valence-electron chi connectivity index (χ0n) is 8.01. The summed E-state index contributed by atoms with van der Waals surface area (Å²) < 4.78 is 0. The van der Waals surface area contributed by atoms with Crippen LogP contribution in [-0.2, 0) is 4.79 Å². The van der Waals surface area contributed by atoms with Crippen LogP contribution in [-0.4, -0.2) is 12.5 Å². The lowest BCUT2D eigenvalue weighted by Gasteiger charge is -2.28. The van der Waals surface area contributed by atoms with Crippen molar-refractivity contribution in [3.05, 3.63) is 39.4 Å². The molecule has 1 N–H and O–H groups in total. The van der Waals surface area contributed by atoms with E-state index in [1.165, 1.54) is 0 Å². The Morgan fingerprint density at radius 2 is 2.00 bits per heavy atom. The highest BCUT2D eigenvalue weighted by molar-refractivity contribution is 6.48. The number of halogens is 3. The molecule has 1 aliphatic heterocycles. The molecular formula is C10H7Cl3N2O. The van der Waals surface area contributed by atoms with Crippen LogP contribution in [0.3, 0.4) is 0 Å². The van der Waals surface area contributed by atoms with E-state index in [0.717, 1.165) is 5.69 Å². The molecule has 0 spiro atoms. The van der Waals surface area contributed by atoms with Gasteiger partial charge in [0.1, 0.15) is 5.03 Å². The smallest absolute Gasteiger partial charge is 0.280 e. The second-order valence-electron chi connectivity index (χ2n) is 3.23. The first-order valence-corrected chi connectivity index (χ1v) is 5.59. The van der Waals surface area contributed by atoms with Crippen molar-refractivity contribution in [3.63, 3.8) is 0 Å². The van der Waals surface area contributed by atoms with E-state index in [2.05, 4.69) is 5.43 Å². The minimum absolute atomic E-state index is 0.0277. The normalized spacial score (nSPS) is 16.4. The van der Waals surface area contributed by atoms with Crippen LogP contribution in [0.5, 0.6) is 0 Å². The Labute approximate surface area is 108 Å². The van der Waals surface area contributed by atoms with Gasteiger partial charge >= 0.3 is 0 Å². The van der Waals surface area contributed by atoms with Crippen LogP contribution in [0.2, 0.25) is 5.02 Å². The predicted molar refractivity (Wildman–Crippen MR) is 65.7 cm³/mol. The van der Waals surface area contributed by atoms with Crippen LogP contribution >= 0.6 is 34.8 Å². The highest BCUT2D eigenvalue weighted by Crippen LogP contribution is 2.25. The molecule has 0 aliphatic carbocycles. The summed E-state index contributed by atoms with van der Waals surface area (Å²) in [6.45, 7) is 0.326. The third kappa shape index (κ3) is 2.26. The minimum Gasteiger partial charge on any atom is -0.280 e. The molecule has 3 nitrogen and oxygen atoms in total. The quantitative estimate of drug-likeness (QED) is 0.856. The van der Waals surface area contributed by atoms with Crippen molar-refractivity contribution in [2.24, 2.45) is 0 Å². The molecule has 1 aromatic carbocycles. The van der Waals surface area contributed by atoms with E-state index in [1.807, 2.05) is 6.07 Å². The summed E-state index contributed by atoms with van der Waals surface area (Å²) >= 11 is 17.4. The molecule has 1 amide bonds. The highest BCUT2D eigenvalue weighted by atomic mass is 35.5. The molecule has 0 atom stereocenters. The van der Waals surface area contributed by atoms with Crippen LogP contribution in [0.25, 0.3) is 0 Å². The van der Waals surface area contributed by atoms with E-state index in [4.69, 9.17) is 34.8 Å². The molecule has 0 radical (unpaired) electrons. The summed E-state index contributed by atoms with van der Waals surface area (Å²) in [6, 6.07) is 7.08. The van der Waals surface area contributed by atoms with Crippen molar-refractivity contribution < 1.29 is 4.79 Å². The van der Waals surface area contributed by atoms with Crippen molar-refractivity contribution in [2.45, 2.75) is 0 Å². The van der Waals surface area contributed by atoms with Gasteiger partial charge in [0.25, 0.3) is 5.91 Å². The summed E-state index contributed by atoms with van der Waals surface area (Å²) in [5, 5.41) is 2.51. The number of carbonyl (C=O) groups is 1. The van der Waals surface area contributed by atoms with Crippen molar-refractivity contribution in [2.75, 3.05) is 11.6 Å². The van der Waals surface area contributed by atoms with Gasteiger partial charge in [-0.15, -0.1) is 0 Å². The van der Waals surface area contributed by atoms with Gasteiger partial charge in [0.15, 0.2) is 0 Å². The van der Waals surface area contributed by atoms with E-state index in [1.54, 1.807) is 23.2 Å². The molecule has 1 aromatic rings. The Bertz CT molecular complexity index is 473. The number of hydrogen-bond donors (Lipinski definition) is 1. The largest absolute Gasteiger partial charge is 0.282 e. The number of nitrogens with zero attached hydrogens (tertiary/aromatic N) is 1. The topological polar surface area (TPSA) is 32.3 Å². The molecule has 0 fully saturated rings. The fraction of sp³-hybridized carbons (Fsp3) is 0.100. The molecule has 6 heteroatoms. The lowest BCUT2D eigenvalue weighted by Crippen LogP contribution is -2.47. The molecule has 1 heterocycles. The Morgan fingerprint density at radius 1 is 1.25 bits per heavy atom. The van der Waals surface area contributed by atoms with Crippen LogP contribution < -0.4 is 10.4 Å². The average Bonchev–Trinajstić information content (AvgIpc) is 2.25. The van der Waals surface area contributed by atoms with Gasteiger partial charge < -0.3 is 0 Å². The predicted octanol–water partition coefficient (Wildman–Crippen LogP) is 2.88. The number of carbonyl (C=O) groups excluding carboxylic acids is 1. The molecule has 16 heavy (non-hydrogen) atoms. The SMILES string of the molecule is O=C1NN(c2cccc(Cl)c2)CC(Cl)=C1Cl. The first kappa shape index (κ1) is 11.6. The Kier molecular flexibility index (Phi) is 3.28. The third-order valence-corrected chi connectivity index (χ3v) is 3.13. The van der Waals surface area contributed by atoms with E-state index in [-0.39, 0.29) is 5.03 Å². The molecule has 0 saturated heterocycles. The Morgan fingerprint density at radius 3 is 2.62 bits per heavy atom. The lowest BCUT2D eigenvalue weighted by atomic mass is 10.3. The van der Waals surface area contributed by atoms with Crippen LogP contribution in [0.4, 0.5) is 5.69 Å². The molecule has 2 rings (SSSR count). The molecule has 0 unspecified atom stereocenters. The summed E-state index contributed by atoms with van der Waals surface area (Å²) in [5.41, 5.74) is 3.35. The number of hydrazine groups is 1. The van der Waals surface area contributed by atoms with E-state index < -0.39 is 5.91 Å². The number of nitrogens with one attached hydrogen (secondary N) is 1. The number of benzene rings is 1. The number of hydrogen-bond acceptors (Lipinski definition) is 2. The van der Waals surface area contributed by atoms with Crippen LogP contribution in [0.1, 0.15) is 0 Å². The van der Waals surface area contributed by atoms with Gasteiger partial charge in [0.2, 0.25) is 0 Å². The van der Waals surface area contributed by atoms with E-state index >= 15 is 0 Å². The van der Waals surface area contributed by atoms with Gasteiger partial charge in [0.05, 0.1) is 17.3 Å². The van der Waals surface area contributed by atoms with Gasteiger partial charge in [-0.25, -0.2) is 0 Å². The monoisotopic (exact) mass is 276 g/mol. The van der Waals surface area contributed by atoms with Crippen molar-refractivity contribution >= 4 is 46.4 Å². The molecule has 0 saturated carbocycles. The maximum absolute atomic E-state index is 11.4. The number of amides is 1. The van der Waals surface area contributed by atoms with Crippen molar-refractivity contribution in [1.29, 1.82) is 0 Å². The molecule has 84 valence electrons. The maximum atomic E-state index is 11.4. The Hall–Kier alpha value is -0.900. The van der Waals surface area contributed by atoms with Crippen LogP contribution in [0.15, 0.2) is 34.3 Å². The van der Waals surface area contributed by atoms with Gasteiger partial charge in [-0.3, -0.25) is 15.2 Å². The van der Waals surface area contributed by atoms with E-state index in [9.17, 15) is 4.79 Å². The summed E-state index contributed by atoms with van der Waals surface area (Å²) in [6.07, 6.45) is 0. The van der Waals surface area contributed by atoms with Gasteiger partial charge in [-0.05, 0) is 18.2 Å². The van der Waals surface area contributed by atoms with Gasteiger partial charge in [-0.1, -0.05) is 40.9 Å². The second kappa shape index (κ2) is 4.53.